The predicted octanol–water partition coefficient (Wildman–Crippen LogP) is 8.75. The van der Waals surface area contributed by atoms with Gasteiger partial charge in [-0.1, -0.05) is 72.8 Å². The van der Waals surface area contributed by atoms with Gasteiger partial charge in [-0.2, -0.15) is 0 Å². The van der Waals surface area contributed by atoms with E-state index < -0.39 is 11.7 Å². The molecule has 2 aliphatic heterocycles. The highest BCUT2D eigenvalue weighted by Crippen LogP contribution is 2.36. The van der Waals surface area contributed by atoms with Crippen molar-refractivity contribution in [3.05, 3.63) is 167 Å². The lowest BCUT2D eigenvalue weighted by Crippen LogP contribution is -2.52. The van der Waals surface area contributed by atoms with Crippen molar-refractivity contribution in [3.8, 4) is 17.0 Å². The maximum atomic E-state index is 15.4. The standard InChI is InChI=1S/C51H51N5O6/c1-51(2,3)62-50(59)54-30-39-26-43(44(27-40(39)31-54)49(58)56-32-38-14-8-7-13-37(38)25-41(56)33-53-21-23-60-24-22-53)47-28-45(46-15-9-10-20-55(46)47)48(57)52-29-35-16-18-42(19-17-35)61-34-36-11-5-4-6-12-36/h4-20,26-28,30-31,41H,21-25,29,32-34H2,1-3H3,(H,52,57)/t41-/m0/s1. The molecule has 0 aliphatic carbocycles. The third-order valence-corrected chi connectivity index (χ3v) is 11.6. The average Bonchev–Trinajstić information content (AvgIpc) is 3.89. The number of benzene rings is 4. The highest BCUT2D eigenvalue weighted by molar-refractivity contribution is 6.08. The maximum Gasteiger partial charge on any atom is 0.418 e. The molecule has 4 aromatic carbocycles. The number of fused-ring (bicyclic) bond motifs is 3. The Morgan fingerprint density at radius 1 is 0.774 bits per heavy atom. The Morgan fingerprint density at radius 2 is 1.48 bits per heavy atom. The second kappa shape index (κ2) is 17.4. The number of hydrogen-bond donors (Lipinski definition) is 1. The van der Waals surface area contributed by atoms with Gasteiger partial charge in [-0.3, -0.25) is 19.1 Å². The van der Waals surface area contributed by atoms with E-state index in [0.29, 0.717) is 60.8 Å². The Labute approximate surface area is 361 Å². The van der Waals surface area contributed by atoms with Gasteiger partial charge in [0.1, 0.15) is 18.0 Å². The summed E-state index contributed by atoms with van der Waals surface area (Å²) in [4.78, 5) is 47.2. The molecule has 0 spiro atoms. The van der Waals surface area contributed by atoms with Gasteiger partial charge < -0.3 is 28.8 Å². The van der Waals surface area contributed by atoms with E-state index in [-0.39, 0.29) is 17.9 Å². The van der Waals surface area contributed by atoms with Crippen LogP contribution in [-0.2, 0) is 35.6 Å². The maximum absolute atomic E-state index is 15.4. The van der Waals surface area contributed by atoms with Crippen molar-refractivity contribution in [2.75, 3.05) is 32.8 Å². The summed E-state index contributed by atoms with van der Waals surface area (Å²) in [5, 5.41) is 4.60. The molecule has 0 saturated carbocycles. The fourth-order valence-corrected chi connectivity index (χ4v) is 8.49. The van der Waals surface area contributed by atoms with E-state index in [1.807, 2.05) is 133 Å². The normalized spacial score (nSPS) is 15.7. The third kappa shape index (κ3) is 8.86. The van der Waals surface area contributed by atoms with Gasteiger partial charge in [0.25, 0.3) is 11.8 Å². The highest BCUT2D eigenvalue weighted by Gasteiger charge is 2.34. The first-order valence-corrected chi connectivity index (χ1v) is 21.3. The van der Waals surface area contributed by atoms with Gasteiger partial charge in [0.2, 0.25) is 0 Å². The molecule has 5 heterocycles. The van der Waals surface area contributed by atoms with Gasteiger partial charge in [0.05, 0.1) is 30.0 Å². The number of rotatable bonds is 10. The molecule has 1 fully saturated rings. The Morgan fingerprint density at radius 3 is 2.24 bits per heavy atom. The van der Waals surface area contributed by atoms with Crippen LogP contribution < -0.4 is 10.1 Å². The fraction of sp³-hybridized carbons (Fsp3) is 0.275. The van der Waals surface area contributed by atoms with Crippen molar-refractivity contribution in [1.29, 1.82) is 0 Å². The zero-order chi connectivity index (χ0) is 42.8. The van der Waals surface area contributed by atoms with E-state index >= 15 is 4.79 Å². The molecule has 3 aromatic heterocycles. The fourth-order valence-electron chi connectivity index (χ4n) is 8.49. The topological polar surface area (TPSA) is 107 Å². The first-order valence-electron chi connectivity index (χ1n) is 21.3. The van der Waals surface area contributed by atoms with Gasteiger partial charge in [0.15, 0.2) is 0 Å². The number of nitrogens with zero attached hydrogens (tertiary/aromatic N) is 4. The summed E-state index contributed by atoms with van der Waals surface area (Å²) in [6, 6.07) is 37.4. The van der Waals surface area contributed by atoms with Crippen molar-refractivity contribution in [1.82, 2.24) is 24.1 Å². The van der Waals surface area contributed by atoms with Gasteiger partial charge in [-0.05, 0) is 91.9 Å². The highest BCUT2D eigenvalue weighted by atomic mass is 16.6. The molecule has 62 heavy (non-hydrogen) atoms. The molecule has 0 unspecified atom stereocenters. The Balaban J connectivity index is 1.06. The number of ether oxygens (including phenoxy) is 3. The van der Waals surface area contributed by atoms with Crippen LogP contribution in [0.4, 0.5) is 4.79 Å². The zero-order valence-electron chi connectivity index (χ0n) is 35.4. The molecule has 0 bridgehead atoms. The molecule has 1 N–H and O–H groups in total. The van der Waals surface area contributed by atoms with Crippen LogP contribution in [0.3, 0.4) is 0 Å². The summed E-state index contributed by atoms with van der Waals surface area (Å²) in [6.07, 6.45) is 5.59. The van der Waals surface area contributed by atoms with Crippen LogP contribution >= 0.6 is 0 Å². The number of morpholine rings is 1. The molecule has 2 amide bonds. The summed E-state index contributed by atoms with van der Waals surface area (Å²) < 4.78 is 20.7. The lowest BCUT2D eigenvalue weighted by Gasteiger charge is -2.40. The minimum absolute atomic E-state index is 0.0831. The largest absolute Gasteiger partial charge is 0.489 e. The molecular weight excluding hydrogens is 779 g/mol. The lowest BCUT2D eigenvalue weighted by atomic mass is 9.91. The third-order valence-electron chi connectivity index (χ3n) is 11.6. The smallest absolute Gasteiger partial charge is 0.418 e. The summed E-state index contributed by atoms with van der Waals surface area (Å²) in [6.45, 7) is 10.4. The van der Waals surface area contributed by atoms with Crippen molar-refractivity contribution in [3.63, 3.8) is 0 Å². The lowest BCUT2D eigenvalue weighted by molar-refractivity contribution is 0.0193. The Bertz CT molecular complexity index is 2740. The van der Waals surface area contributed by atoms with E-state index in [9.17, 15) is 9.59 Å². The second-order valence-electron chi connectivity index (χ2n) is 17.1. The van der Waals surface area contributed by atoms with Crippen molar-refractivity contribution >= 4 is 34.2 Å². The number of carbonyl (C=O) groups excluding carboxylic acids is 3. The van der Waals surface area contributed by atoms with Gasteiger partial charge in [0, 0.05) is 79.3 Å². The predicted molar refractivity (Wildman–Crippen MR) is 239 cm³/mol. The summed E-state index contributed by atoms with van der Waals surface area (Å²) in [5.41, 5.74) is 6.69. The number of nitrogens with one attached hydrogen (secondary N) is 1. The van der Waals surface area contributed by atoms with Gasteiger partial charge in [-0.25, -0.2) is 4.79 Å². The van der Waals surface area contributed by atoms with E-state index in [4.69, 9.17) is 14.2 Å². The second-order valence-corrected chi connectivity index (χ2v) is 17.1. The molecule has 11 nitrogen and oxygen atoms in total. The van der Waals surface area contributed by atoms with E-state index in [0.717, 1.165) is 59.3 Å². The van der Waals surface area contributed by atoms with Crippen molar-refractivity contribution < 1.29 is 28.6 Å². The zero-order valence-corrected chi connectivity index (χ0v) is 35.4. The van der Waals surface area contributed by atoms with Crippen LogP contribution in [0, 0.1) is 0 Å². The van der Waals surface area contributed by atoms with Gasteiger partial charge in [-0.15, -0.1) is 0 Å². The number of amides is 2. The van der Waals surface area contributed by atoms with Crippen molar-refractivity contribution in [2.24, 2.45) is 0 Å². The van der Waals surface area contributed by atoms with Crippen LogP contribution in [0.25, 0.3) is 27.5 Å². The molecular formula is C51H51N5O6. The van der Waals surface area contributed by atoms with E-state index in [2.05, 4.69) is 28.4 Å². The van der Waals surface area contributed by atoms with Crippen LogP contribution in [0.5, 0.6) is 5.75 Å². The molecule has 316 valence electrons. The number of carbonyl (C=O) groups is 3. The molecule has 1 saturated heterocycles. The SMILES string of the molecule is CC(C)(C)OC(=O)n1cc2cc(C(=O)N3Cc4ccccc4C[C@H]3CN3CCOCC3)c(-c3cc(C(=O)NCc4ccc(OCc5ccccc5)cc4)c4ccccn34)cc2c1. The van der Waals surface area contributed by atoms with E-state index in [1.165, 1.54) is 10.1 Å². The van der Waals surface area contributed by atoms with Crippen LogP contribution in [0.2, 0.25) is 0 Å². The monoisotopic (exact) mass is 829 g/mol. The number of aromatic nitrogens is 2. The molecule has 1 atom stereocenters. The Kier molecular flexibility index (Phi) is 11.4. The molecule has 9 rings (SSSR count). The van der Waals surface area contributed by atoms with Crippen LogP contribution in [0.1, 0.15) is 63.7 Å². The summed E-state index contributed by atoms with van der Waals surface area (Å²) in [7, 11) is 0. The molecule has 2 aliphatic rings. The molecule has 0 radical (unpaired) electrons. The summed E-state index contributed by atoms with van der Waals surface area (Å²) >= 11 is 0. The molecule has 11 heteroatoms. The van der Waals surface area contributed by atoms with E-state index in [1.54, 1.807) is 12.4 Å². The number of pyridine rings is 1. The van der Waals surface area contributed by atoms with Crippen LogP contribution in [-0.4, -0.2) is 81.2 Å². The summed E-state index contributed by atoms with van der Waals surface area (Å²) in [5.74, 6) is 0.386. The Hall–Kier alpha value is -6.69. The van der Waals surface area contributed by atoms with Crippen molar-refractivity contribution in [2.45, 2.75) is 58.5 Å². The van der Waals surface area contributed by atoms with Crippen LogP contribution in [0.15, 0.2) is 134 Å². The average molecular weight is 830 g/mol. The first-order chi connectivity index (χ1) is 30.1. The first kappa shape index (κ1) is 40.7. The number of hydrogen-bond acceptors (Lipinski definition) is 7. The quantitative estimate of drug-likeness (QED) is 0.147. The van der Waals surface area contributed by atoms with Gasteiger partial charge >= 0.3 is 6.09 Å². The minimum Gasteiger partial charge on any atom is -0.489 e. The minimum atomic E-state index is -0.692. The molecule has 7 aromatic rings.